The lowest BCUT2D eigenvalue weighted by Gasteiger charge is -2.21. The fourth-order valence-electron chi connectivity index (χ4n) is 3.81. The van der Waals surface area contributed by atoms with E-state index in [-0.39, 0.29) is 27.5 Å². The number of amides is 1. The lowest BCUT2D eigenvalue weighted by Crippen LogP contribution is -2.17. The first-order chi connectivity index (χ1) is 17.6. The first-order valence-corrected chi connectivity index (χ1v) is 11.6. The molecule has 2 aromatic heterocycles. The maximum Gasteiger partial charge on any atom is 0.420 e. The van der Waals surface area contributed by atoms with Crippen molar-refractivity contribution in [2.24, 2.45) is 0 Å². The molecule has 0 aliphatic heterocycles. The van der Waals surface area contributed by atoms with Crippen LogP contribution in [-0.4, -0.2) is 15.9 Å². The summed E-state index contributed by atoms with van der Waals surface area (Å²) in [5.41, 5.74) is -3.00. The molecule has 2 N–H and O–H groups in total. The number of ether oxygens (including phenoxy) is 1. The van der Waals surface area contributed by atoms with E-state index in [1.54, 1.807) is 6.20 Å². The minimum Gasteiger partial charge on any atom is -0.456 e. The Labute approximate surface area is 221 Å². The van der Waals surface area contributed by atoms with Crippen molar-refractivity contribution in [3.05, 3.63) is 81.2 Å². The van der Waals surface area contributed by atoms with Gasteiger partial charge in [0.05, 0.1) is 0 Å². The lowest BCUT2D eigenvalue weighted by molar-refractivity contribution is -0.144. The predicted molar refractivity (Wildman–Crippen MR) is 131 cm³/mol. The average molecular weight is 576 g/mol. The molecule has 0 atom stereocenters. The van der Waals surface area contributed by atoms with E-state index in [1.165, 1.54) is 18.2 Å². The monoisotopic (exact) mass is 575 g/mol. The number of benzene rings is 2. The van der Waals surface area contributed by atoms with Crippen molar-refractivity contribution in [3.8, 4) is 11.5 Å². The highest BCUT2D eigenvalue weighted by atomic mass is 35.5. The standard InChI is InChI=1S/C25H17Cl2F6N3O2/c1-11(2)16-10-34-19-4-3-14(9-15(16)19)38-22-17(24(28,29)30)7-13(8-18(22)25(31,32)33)35-23(37)12-5-20(26)36-21(27)6-12/h3-11,34H,1-2H3,(H,35,37). The van der Waals surface area contributed by atoms with Gasteiger partial charge in [0.2, 0.25) is 0 Å². The van der Waals surface area contributed by atoms with Crippen LogP contribution in [0.3, 0.4) is 0 Å². The van der Waals surface area contributed by atoms with Crippen LogP contribution in [0.1, 0.15) is 46.8 Å². The van der Waals surface area contributed by atoms with Gasteiger partial charge < -0.3 is 15.0 Å². The quantitative estimate of drug-likeness (QED) is 0.184. The summed E-state index contributed by atoms with van der Waals surface area (Å²) in [4.78, 5) is 19.2. The van der Waals surface area contributed by atoms with Crippen LogP contribution in [0.4, 0.5) is 32.0 Å². The largest absolute Gasteiger partial charge is 0.456 e. The summed E-state index contributed by atoms with van der Waals surface area (Å²) in [7, 11) is 0. The molecule has 0 saturated carbocycles. The molecular formula is C25H17Cl2F6N3O2. The number of fused-ring (bicyclic) bond motifs is 1. The summed E-state index contributed by atoms with van der Waals surface area (Å²) in [5.74, 6) is -2.69. The van der Waals surface area contributed by atoms with Crippen LogP contribution < -0.4 is 10.1 Å². The Bertz CT molecular complexity index is 1470. The van der Waals surface area contributed by atoms with E-state index in [2.05, 4.69) is 9.97 Å². The molecule has 0 saturated heterocycles. The van der Waals surface area contributed by atoms with Gasteiger partial charge in [0.25, 0.3) is 5.91 Å². The third-order valence-electron chi connectivity index (χ3n) is 5.51. The molecule has 0 aliphatic rings. The number of alkyl halides is 6. The Balaban J connectivity index is 1.82. The highest BCUT2D eigenvalue weighted by molar-refractivity contribution is 6.33. The minimum atomic E-state index is -5.26. The number of hydrogen-bond acceptors (Lipinski definition) is 3. The summed E-state index contributed by atoms with van der Waals surface area (Å²) in [6.07, 6.45) is -8.82. The molecule has 0 spiro atoms. The van der Waals surface area contributed by atoms with Gasteiger partial charge in [-0.05, 0) is 53.9 Å². The van der Waals surface area contributed by atoms with Crippen LogP contribution in [0.2, 0.25) is 10.3 Å². The third-order valence-corrected chi connectivity index (χ3v) is 5.90. The number of halogens is 8. The summed E-state index contributed by atoms with van der Waals surface area (Å²) < 4.78 is 89.5. The van der Waals surface area contributed by atoms with Crippen molar-refractivity contribution in [2.45, 2.75) is 32.1 Å². The maximum atomic E-state index is 14.0. The normalized spacial score (nSPS) is 12.3. The van der Waals surface area contributed by atoms with Gasteiger partial charge in [0, 0.05) is 28.4 Å². The van der Waals surface area contributed by atoms with Crippen LogP contribution in [-0.2, 0) is 12.4 Å². The predicted octanol–water partition coefficient (Wildman–Crippen LogP) is 9.08. The van der Waals surface area contributed by atoms with Gasteiger partial charge in [0.1, 0.15) is 27.2 Å². The van der Waals surface area contributed by atoms with Gasteiger partial charge >= 0.3 is 12.4 Å². The van der Waals surface area contributed by atoms with Crippen molar-refractivity contribution >= 4 is 45.7 Å². The number of nitrogens with one attached hydrogen (secondary N) is 2. The molecule has 0 bridgehead atoms. The minimum absolute atomic E-state index is 0.0310. The number of hydrogen-bond donors (Lipinski definition) is 2. The second kappa shape index (κ2) is 10.0. The molecule has 2 aromatic carbocycles. The van der Waals surface area contributed by atoms with E-state index in [9.17, 15) is 31.1 Å². The second-order valence-corrected chi connectivity index (χ2v) is 9.33. The Morgan fingerprint density at radius 3 is 2.05 bits per heavy atom. The molecule has 1 amide bonds. The molecule has 38 heavy (non-hydrogen) atoms. The van der Waals surface area contributed by atoms with Gasteiger partial charge in [-0.2, -0.15) is 26.3 Å². The van der Waals surface area contributed by atoms with Crippen LogP contribution in [0.15, 0.2) is 48.7 Å². The zero-order valence-corrected chi connectivity index (χ0v) is 21.0. The smallest absolute Gasteiger partial charge is 0.420 e. The van der Waals surface area contributed by atoms with E-state index in [1.807, 2.05) is 19.2 Å². The first kappa shape index (κ1) is 27.6. The number of nitrogens with zero attached hydrogens (tertiary/aromatic N) is 1. The zero-order valence-electron chi connectivity index (χ0n) is 19.5. The van der Waals surface area contributed by atoms with Gasteiger partial charge in [-0.15, -0.1) is 0 Å². The van der Waals surface area contributed by atoms with E-state index >= 15 is 0 Å². The Hall–Kier alpha value is -3.44. The number of rotatable bonds is 5. The van der Waals surface area contributed by atoms with Gasteiger partial charge in [-0.1, -0.05) is 37.0 Å². The number of aromatic amines is 1. The highest BCUT2D eigenvalue weighted by Gasteiger charge is 2.43. The molecule has 4 rings (SSSR count). The van der Waals surface area contributed by atoms with Crippen LogP contribution >= 0.6 is 23.2 Å². The summed E-state index contributed by atoms with van der Waals surface area (Å²) >= 11 is 11.5. The number of aromatic nitrogens is 2. The van der Waals surface area contributed by atoms with Crippen molar-refractivity contribution in [1.82, 2.24) is 9.97 Å². The van der Waals surface area contributed by atoms with Crippen LogP contribution in [0.25, 0.3) is 10.9 Å². The highest BCUT2D eigenvalue weighted by Crippen LogP contribution is 2.48. The molecule has 0 fully saturated rings. The fraction of sp³-hybridized carbons (Fsp3) is 0.200. The first-order valence-electron chi connectivity index (χ1n) is 10.9. The summed E-state index contributed by atoms with van der Waals surface area (Å²) in [6, 6.07) is 6.96. The number of anilines is 1. The number of pyridine rings is 1. The van der Waals surface area contributed by atoms with Gasteiger partial charge in [-0.25, -0.2) is 4.98 Å². The van der Waals surface area contributed by atoms with E-state index in [4.69, 9.17) is 27.9 Å². The molecular weight excluding hydrogens is 559 g/mol. The fourth-order valence-corrected chi connectivity index (χ4v) is 4.27. The number of carbonyl (C=O) groups excluding carboxylic acids is 1. The SMILES string of the molecule is CC(C)c1c[nH]c2ccc(Oc3c(C(F)(F)F)cc(NC(=O)c4cc(Cl)nc(Cl)c4)cc3C(F)(F)F)cc12. The van der Waals surface area contributed by atoms with Crippen molar-refractivity contribution < 1.29 is 35.9 Å². The Kier molecular flexibility index (Phi) is 7.28. The molecule has 5 nitrogen and oxygen atoms in total. The number of carbonyl (C=O) groups is 1. The summed E-state index contributed by atoms with van der Waals surface area (Å²) in [6.45, 7) is 3.78. The van der Waals surface area contributed by atoms with E-state index in [0.717, 1.165) is 17.7 Å². The molecule has 4 aromatic rings. The third kappa shape index (κ3) is 5.83. The molecule has 200 valence electrons. The van der Waals surface area contributed by atoms with Crippen molar-refractivity contribution in [3.63, 3.8) is 0 Å². The van der Waals surface area contributed by atoms with Gasteiger partial charge in [-0.3, -0.25) is 4.79 Å². The second-order valence-electron chi connectivity index (χ2n) is 8.56. The molecule has 2 heterocycles. The maximum absolute atomic E-state index is 14.0. The molecule has 0 aliphatic carbocycles. The van der Waals surface area contributed by atoms with Crippen LogP contribution in [0.5, 0.6) is 11.5 Å². The van der Waals surface area contributed by atoms with E-state index < -0.39 is 40.8 Å². The summed E-state index contributed by atoms with van der Waals surface area (Å²) in [5, 5.41) is 2.23. The number of H-pyrrole nitrogens is 1. The zero-order chi connectivity index (χ0) is 28.0. The van der Waals surface area contributed by atoms with Crippen molar-refractivity contribution in [1.29, 1.82) is 0 Å². The molecule has 0 radical (unpaired) electrons. The average Bonchev–Trinajstić information content (AvgIpc) is 3.21. The van der Waals surface area contributed by atoms with Crippen LogP contribution in [0, 0.1) is 0 Å². The van der Waals surface area contributed by atoms with Gasteiger partial charge in [0.15, 0.2) is 5.75 Å². The van der Waals surface area contributed by atoms with E-state index in [0.29, 0.717) is 23.0 Å². The Morgan fingerprint density at radius 2 is 1.53 bits per heavy atom. The molecule has 0 unspecified atom stereocenters. The molecule has 13 heteroatoms. The Morgan fingerprint density at radius 1 is 0.947 bits per heavy atom. The lowest BCUT2D eigenvalue weighted by atomic mass is 10.0. The van der Waals surface area contributed by atoms with Crippen molar-refractivity contribution in [2.75, 3.05) is 5.32 Å². The topological polar surface area (TPSA) is 67.0 Å².